The van der Waals surface area contributed by atoms with Crippen molar-refractivity contribution in [2.45, 2.75) is 33.2 Å². The van der Waals surface area contributed by atoms with E-state index in [0.29, 0.717) is 12.1 Å². The van der Waals surface area contributed by atoms with E-state index in [-0.39, 0.29) is 5.78 Å². The molecule has 0 N–H and O–H groups in total. The zero-order valence-corrected chi connectivity index (χ0v) is 12.7. The van der Waals surface area contributed by atoms with Gasteiger partial charge in [-0.25, -0.2) is 4.98 Å². The number of carbonyl (C=O) groups is 1. The molecular weight excluding hydrogens is 314 g/mol. The van der Waals surface area contributed by atoms with Crippen molar-refractivity contribution in [3.63, 3.8) is 0 Å². The molecule has 2 aromatic rings. The van der Waals surface area contributed by atoms with E-state index in [4.69, 9.17) is 0 Å². The number of rotatable bonds is 5. The highest BCUT2D eigenvalue weighted by Gasteiger charge is 2.18. The topological polar surface area (TPSA) is 47.8 Å². The van der Waals surface area contributed by atoms with Crippen LogP contribution in [0, 0.1) is 0 Å². The largest absolute Gasteiger partial charge is 0.292 e. The van der Waals surface area contributed by atoms with Gasteiger partial charge < -0.3 is 0 Å². The maximum atomic E-state index is 12.1. The van der Waals surface area contributed by atoms with Gasteiger partial charge in [0.2, 0.25) is 0 Å². The predicted octanol–water partition coefficient (Wildman–Crippen LogP) is 3.11. The van der Waals surface area contributed by atoms with E-state index in [1.165, 1.54) is 11.3 Å². The second-order valence-corrected chi connectivity index (χ2v) is 5.36. The van der Waals surface area contributed by atoms with Crippen LogP contribution in [-0.2, 0) is 19.4 Å². The van der Waals surface area contributed by atoms with Gasteiger partial charge in [0, 0.05) is 11.9 Å². The second kappa shape index (κ2) is 5.75. The summed E-state index contributed by atoms with van der Waals surface area (Å²) in [4.78, 5) is 16.1. The minimum absolute atomic E-state index is 0.0363. The van der Waals surface area contributed by atoms with Crippen molar-refractivity contribution in [2.24, 2.45) is 0 Å². The molecule has 0 unspecified atom stereocenters. The number of carbonyl (C=O) groups excluding carboxylic acids is 1. The Bertz CT molecular complexity index is 548. The van der Waals surface area contributed by atoms with Crippen molar-refractivity contribution in [3.8, 4) is 0 Å². The summed E-state index contributed by atoms with van der Waals surface area (Å²) < 4.78 is 2.84. The SMILES string of the molecule is CCc1nn(CC)c(CC(=O)c2cscn2)c1Br. The summed E-state index contributed by atoms with van der Waals surface area (Å²) in [7, 11) is 0. The van der Waals surface area contributed by atoms with Crippen molar-refractivity contribution in [1.82, 2.24) is 14.8 Å². The third-order valence-corrected chi connectivity index (χ3v) is 4.24. The Morgan fingerprint density at radius 3 is 2.83 bits per heavy atom. The van der Waals surface area contributed by atoms with Crippen LogP contribution in [0.3, 0.4) is 0 Å². The average Bonchev–Trinajstić information content (AvgIpc) is 2.99. The molecule has 2 heterocycles. The number of aromatic nitrogens is 3. The van der Waals surface area contributed by atoms with Crippen LogP contribution in [-0.4, -0.2) is 20.5 Å². The highest BCUT2D eigenvalue weighted by Crippen LogP contribution is 2.23. The lowest BCUT2D eigenvalue weighted by Crippen LogP contribution is -2.10. The van der Waals surface area contributed by atoms with Crippen molar-refractivity contribution in [1.29, 1.82) is 0 Å². The minimum atomic E-state index is 0.0363. The monoisotopic (exact) mass is 327 g/mol. The van der Waals surface area contributed by atoms with Gasteiger partial charge in [-0.2, -0.15) is 5.10 Å². The lowest BCUT2D eigenvalue weighted by Gasteiger charge is -2.03. The number of nitrogens with zero attached hydrogens (tertiary/aromatic N) is 3. The van der Waals surface area contributed by atoms with Gasteiger partial charge in [0.1, 0.15) is 5.69 Å². The first-order valence-corrected chi connectivity index (χ1v) is 7.56. The zero-order valence-electron chi connectivity index (χ0n) is 10.3. The number of thiazole rings is 1. The lowest BCUT2D eigenvalue weighted by molar-refractivity contribution is 0.0986. The standard InChI is InChI=1S/C12H14BrN3OS/c1-3-8-12(13)10(16(4-2)15-8)5-11(17)9-6-18-7-14-9/h6-7H,3-5H2,1-2H3. The zero-order chi connectivity index (χ0) is 13.1. The van der Waals surface area contributed by atoms with Gasteiger partial charge in [-0.3, -0.25) is 9.48 Å². The first kappa shape index (κ1) is 13.4. The van der Waals surface area contributed by atoms with Crippen LogP contribution in [0.25, 0.3) is 0 Å². The summed E-state index contributed by atoms with van der Waals surface area (Å²) >= 11 is 4.98. The molecule has 0 amide bonds. The number of ketones is 1. The Morgan fingerprint density at radius 2 is 2.28 bits per heavy atom. The number of hydrogen-bond donors (Lipinski definition) is 0. The Kier molecular flexibility index (Phi) is 4.29. The van der Waals surface area contributed by atoms with Crippen LogP contribution in [0.15, 0.2) is 15.4 Å². The summed E-state index contributed by atoms with van der Waals surface area (Å²) in [6.07, 6.45) is 1.19. The smallest absolute Gasteiger partial charge is 0.187 e. The van der Waals surface area contributed by atoms with E-state index in [1.807, 2.05) is 11.6 Å². The van der Waals surface area contributed by atoms with Gasteiger partial charge in [0.05, 0.1) is 27.8 Å². The van der Waals surface area contributed by atoms with E-state index >= 15 is 0 Å². The van der Waals surface area contributed by atoms with Crippen molar-refractivity contribution >= 4 is 33.0 Å². The van der Waals surface area contributed by atoms with Crippen molar-refractivity contribution < 1.29 is 4.79 Å². The molecule has 4 nitrogen and oxygen atoms in total. The maximum absolute atomic E-state index is 12.1. The lowest BCUT2D eigenvalue weighted by atomic mass is 10.1. The summed E-state index contributed by atoms with van der Waals surface area (Å²) in [5.41, 5.74) is 4.15. The minimum Gasteiger partial charge on any atom is -0.292 e. The van der Waals surface area contributed by atoms with Crippen LogP contribution in [0.4, 0.5) is 0 Å². The second-order valence-electron chi connectivity index (χ2n) is 3.85. The molecule has 18 heavy (non-hydrogen) atoms. The molecule has 0 aromatic carbocycles. The molecular formula is C12H14BrN3OS. The predicted molar refractivity (Wildman–Crippen MR) is 75.1 cm³/mol. The van der Waals surface area contributed by atoms with Gasteiger partial charge in [0.25, 0.3) is 0 Å². The van der Waals surface area contributed by atoms with E-state index < -0.39 is 0 Å². The first-order valence-electron chi connectivity index (χ1n) is 5.82. The van der Waals surface area contributed by atoms with Gasteiger partial charge in [-0.1, -0.05) is 6.92 Å². The summed E-state index contributed by atoms with van der Waals surface area (Å²) in [6, 6.07) is 0. The fourth-order valence-electron chi connectivity index (χ4n) is 1.78. The molecule has 0 spiro atoms. The van der Waals surface area contributed by atoms with E-state index in [9.17, 15) is 4.79 Å². The van der Waals surface area contributed by atoms with E-state index in [1.54, 1.807) is 10.9 Å². The molecule has 0 radical (unpaired) electrons. The van der Waals surface area contributed by atoms with Gasteiger partial charge in [-0.05, 0) is 29.3 Å². The van der Waals surface area contributed by atoms with E-state index in [2.05, 4.69) is 32.9 Å². The molecule has 0 fully saturated rings. The molecule has 0 bridgehead atoms. The maximum Gasteiger partial charge on any atom is 0.187 e. The normalized spacial score (nSPS) is 10.8. The summed E-state index contributed by atoms with van der Waals surface area (Å²) in [5.74, 6) is 0.0363. The van der Waals surface area contributed by atoms with E-state index in [0.717, 1.165) is 28.8 Å². The van der Waals surface area contributed by atoms with Crippen molar-refractivity contribution in [3.05, 3.63) is 32.4 Å². The number of aryl methyl sites for hydroxylation is 2. The molecule has 96 valence electrons. The molecule has 0 saturated heterocycles. The number of Topliss-reactive ketones (excluding diaryl/α,β-unsaturated/α-hetero) is 1. The van der Waals surface area contributed by atoms with Crippen LogP contribution < -0.4 is 0 Å². The van der Waals surface area contributed by atoms with Gasteiger partial charge in [0.15, 0.2) is 5.78 Å². The fraction of sp³-hybridized carbons (Fsp3) is 0.417. The molecule has 0 atom stereocenters. The van der Waals surface area contributed by atoms with Crippen LogP contribution in [0.1, 0.15) is 35.7 Å². The van der Waals surface area contributed by atoms with Crippen LogP contribution in [0.5, 0.6) is 0 Å². The summed E-state index contributed by atoms with van der Waals surface area (Å²) in [5, 5.41) is 6.26. The highest BCUT2D eigenvalue weighted by molar-refractivity contribution is 9.10. The highest BCUT2D eigenvalue weighted by atomic mass is 79.9. The average molecular weight is 328 g/mol. The third-order valence-electron chi connectivity index (χ3n) is 2.74. The summed E-state index contributed by atoms with van der Waals surface area (Å²) in [6.45, 7) is 4.84. The molecule has 2 aromatic heterocycles. The quantitative estimate of drug-likeness (QED) is 0.793. The number of hydrogen-bond acceptors (Lipinski definition) is 4. The molecule has 0 saturated carbocycles. The Morgan fingerprint density at radius 1 is 1.50 bits per heavy atom. The Hall–Kier alpha value is -1.01. The van der Waals surface area contributed by atoms with Gasteiger partial charge >= 0.3 is 0 Å². The number of halogens is 1. The molecule has 6 heteroatoms. The first-order chi connectivity index (χ1) is 8.67. The fourth-order valence-corrected chi connectivity index (χ4v) is 3.04. The third kappa shape index (κ3) is 2.54. The van der Waals surface area contributed by atoms with Crippen LogP contribution in [0.2, 0.25) is 0 Å². The van der Waals surface area contributed by atoms with Crippen LogP contribution >= 0.6 is 27.3 Å². The molecule has 0 aliphatic carbocycles. The Balaban J connectivity index is 2.28. The molecule has 2 rings (SSSR count). The van der Waals surface area contributed by atoms with Crippen molar-refractivity contribution in [2.75, 3.05) is 0 Å². The molecule has 0 aliphatic heterocycles. The molecule has 0 aliphatic rings. The van der Waals surface area contributed by atoms with Gasteiger partial charge in [-0.15, -0.1) is 11.3 Å². The Labute approximate surface area is 118 Å².